The van der Waals surface area contributed by atoms with Crippen molar-refractivity contribution in [2.75, 3.05) is 39.0 Å². The molecule has 8 nitrogen and oxygen atoms in total. The highest BCUT2D eigenvalue weighted by atomic mass is 32.2. The number of hydrazone groups is 1. The largest absolute Gasteiger partial charge is 0.489 e. The van der Waals surface area contributed by atoms with Gasteiger partial charge in [0, 0.05) is 43.9 Å². The normalized spacial score (nSPS) is 20.0. The average Bonchev–Trinajstić information content (AvgIpc) is 3.22. The van der Waals surface area contributed by atoms with Crippen LogP contribution >= 0.6 is 11.8 Å². The number of aryl methyl sites for hydroxylation is 1. The minimum absolute atomic E-state index is 0.0519. The summed E-state index contributed by atoms with van der Waals surface area (Å²) in [5.74, 6) is 0.523. The molecule has 4 rings (SSSR count). The first-order chi connectivity index (χ1) is 17.0. The molecule has 0 aliphatic carbocycles. The van der Waals surface area contributed by atoms with Crippen LogP contribution in [0.2, 0.25) is 0 Å². The van der Waals surface area contributed by atoms with Gasteiger partial charge in [-0.05, 0) is 85.6 Å². The third-order valence-electron chi connectivity index (χ3n) is 6.44. The summed E-state index contributed by atoms with van der Waals surface area (Å²) in [6, 6.07) is 11.5. The number of rotatable bonds is 8. The van der Waals surface area contributed by atoms with Crippen LogP contribution in [0.5, 0.6) is 5.75 Å². The molecule has 2 heterocycles. The fourth-order valence-corrected chi connectivity index (χ4v) is 5.49. The van der Waals surface area contributed by atoms with Crippen LogP contribution in [0.3, 0.4) is 0 Å². The van der Waals surface area contributed by atoms with Crippen molar-refractivity contribution in [1.82, 2.24) is 15.6 Å². The molecular formula is C26H33N5O3S. The minimum Gasteiger partial charge on any atom is -0.489 e. The van der Waals surface area contributed by atoms with Gasteiger partial charge in [0.1, 0.15) is 17.4 Å². The Labute approximate surface area is 210 Å². The third kappa shape index (κ3) is 6.15. The van der Waals surface area contributed by atoms with Crippen molar-refractivity contribution in [3.05, 3.63) is 58.7 Å². The summed E-state index contributed by atoms with van der Waals surface area (Å²) in [5.41, 5.74) is 9.07. The maximum Gasteiger partial charge on any atom is 0.251 e. The van der Waals surface area contributed by atoms with Crippen LogP contribution in [0.1, 0.15) is 33.5 Å². The second-order valence-electron chi connectivity index (χ2n) is 9.09. The monoisotopic (exact) mass is 495 g/mol. The number of nitrogens with zero attached hydrogens (tertiary/aromatic N) is 2. The molecule has 2 aromatic carbocycles. The molecule has 35 heavy (non-hydrogen) atoms. The fourth-order valence-electron chi connectivity index (χ4n) is 4.83. The lowest BCUT2D eigenvalue weighted by Crippen LogP contribution is -2.42. The molecule has 2 aromatic rings. The first-order valence-corrected chi connectivity index (χ1v) is 12.8. The molecular weight excluding hydrogens is 462 g/mol. The zero-order valence-electron chi connectivity index (χ0n) is 20.5. The van der Waals surface area contributed by atoms with Crippen LogP contribution in [0.15, 0.2) is 41.5 Å². The highest BCUT2D eigenvalue weighted by Crippen LogP contribution is 2.28. The van der Waals surface area contributed by atoms with Gasteiger partial charge in [0.05, 0.1) is 6.04 Å². The lowest BCUT2D eigenvalue weighted by Gasteiger charge is -2.22. The fraction of sp³-hybridized carbons (Fsp3) is 0.423. The van der Waals surface area contributed by atoms with Gasteiger partial charge in [0.25, 0.3) is 5.91 Å². The zero-order valence-corrected chi connectivity index (χ0v) is 21.3. The molecule has 1 amide bonds. The molecule has 0 saturated carbocycles. The molecule has 3 N–H and O–H groups in total. The maximum atomic E-state index is 13.0. The summed E-state index contributed by atoms with van der Waals surface area (Å²) >= 11 is 1.05. The van der Waals surface area contributed by atoms with Gasteiger partial charge in [0.15, 0.2) is 5.62 Å². The number of fused-ring (bicyclic) bond motifs is 1. The molecule has 1 saturated heterocycles. The van der Waals surface area contributed by atoms with E-state index < -0.39 is 0 Å². The van der Waals surface area contributed by atoms with E-state index in [2.05, 4.69) is 45.1 Å². The third-order valence-corrected chi connectivity index (χ3v) is 7.18. The summed E-state index contributed by atoms with van der Waals surface area (Å²) in [7, 11) is 3.70. The number of carbonyl (C=O) groups excluding carboxylic acids is 2. The van der Waals surface area contributed by atoms with Crippen LogP contribution in [0, 0.1) is 12.8 Å². The Morgan fingerprint density at radius 1 is 1.29 bits per heavy atom. The van der Waals surface area contributed by atoms with E-state index in [1.807, 2.05) is 19.2 Å². The Balaban J connectivity index is 1.39. The van der Waals surface area contributed by atoms with E-state index in [0.29, 0.717) is 23.8 Å². The number of carbonyl (C=O) groups is 2. The van der Waals surface area contributed by atoms with Gasteiger partial charge >= 0.3 is 0 Å². The van der Waals surface area contributed by atoms with Gasteiger partial charge in [0.2, 0.25) is 0 Å². The predicted octanol–water partition coefficient (Wildman–Crippen LogP) is 3.05. The van der Waals surface area contributed by atoms with Crippen molar-refractivity contribution in [2.24, 2.45) is 11.0 Å². The number of thioether (sulfide) groups is 1. The molecule has 0 radical (unpaired) electrons. The number of ether oxygens (including phenoxy) is 1. The molecule has 186 valence electrons. The van der Waals surface area contributed by atoms with E-state index in [9.17, 15) is 9.59 Å². The Morgan fingerprint density at radius 2 is 2.09 bits per heavy atom. The van der Waals surface area contributed by atoms with Crippen LogP contribution < -0.4 is 20.8 Å². The smallest absolute Gasteiger partial charge is 0.251 e. The SMILES string of the molecule is CN/N=C(\SC=O)C1CN(C)CC1NC(=O)c1ccc(OCc2cc(C)cc3c2CCCN3)cc1. The van der Waals surface area contributed by atoms with E-state index in [4.69, 9.17) is 4.74 Å². The van der Waals surface area contributed by atoms with Crippen molar-refractivity contribution >= 4 is 34.0 Å². The molecule has 0 aromatic heterocycles. The van der Waals surface area contributed by atoms with Crippen molar-refractivity contribution in [2.45, 2.75) is 32.4 Å². The van der Waals surface area contributed by atoms with Gasteiger partial charge in [-0.3, -0.25) is 9.59 Å². The number of anilines is 1. The van der Waals surface area contributed by atoms with E-state index in [0.717, 1.165) is 49.1 Å². The molecule has 2 aliphatic rings. The minimum atomic E-state index is -0.152. The van der Waals surface area contributed by atoms with Crippen LogP contribution in [-0.4, -0.2) is 61.2 Å². The van der Waals surface area contributed by atoms with Gasteiger partial charge in [-0.15, -0.1) is 0 Å². The Kier molecular flexibility index (Phi) is 8.30. The van der Waals surface area contributed by atoms with E-state index in [-0.39, 0.29) is 17.9 Å². The second-order valence-corrected chi connectivity index (χ2v) is 9.94. The molecule has 2 aliphatic heterocycles. The molecule has 9 heteroatoms. The number of hydrogen-bond acceptors (Lipinski definition) is 8. The average molecular weight is 496 g/mol. The zero-order chi connectivity index (χ0) is 24.8. The number of hydrogen-bond donors (Lipinski definition) is 3. The Hall–Kier alpha value is -3.04. The van der Waals surface area contributed by atoms with Crippen molar-refractivity contribution < 1.29 is 14.3 Å². The number of benzene rings is 2. The molecule has 0 spiro atoms. The molecule has 2 unspecified atom stereocenters. The Morgan fingerprint density at radius 3 is 2.83 bits per heavy atom. The van der Waals surface area contributed by atoms with Crippen LogP contribution in [0.25, 0.3) is 0 Å². The summed E-state index contributed by atoms with van der Waals surface area (Å²) in [6.07, 6.45) is 2.19. The van der Waals surface area contributed by atoms with E-state index >= 15 is 0 Å². The van der Waals surface area contributed by atoms with Crippen LogP contribution in [-0.2, 0) is 17.8 Å². The number of likely N-dealkylation sites (tertiary alicyclic amines) is 1. The van der Waals surface area contributed by atoms with Gasteiger partial charge in [-0.25, -0.2) is 0 Å². The summed E-state index contributed by atoms with van der Waals surface area (Å²) in [4.78, 5) is 26.2. The number of amides is 1. The molecule has 0 bridgehead atoms. The highest BCUT2D eigenvalue weighted by molar-refractivity contribution is 8.24. The van der Waals surface area contributed by atoms with Crippen molar-refractivity contribution in [1.29, 1.82) is 0 Å². The first-order valence-electron chi connectivity index (χ1n) is 11.9. The second kappa shape index (κ2) is 11.6. The van der Waals surface area contributed by atoms with E-state index in [1.54, 1.807) is 19.2 Å². The predicted molar refractivity (Wildman–Crippen MR) is 142 cm³/mol. The lowest BCUT2D eigenvalue weighted by molar-refractivity contribution is 0.0935. The summed E-state index contributed by atoms with van der Waals surface area (Å²) < 4.78 is 6.07. The van der Waals surface area contributed by atoms with Crippen LogP contribution in [0.4, 0.5) is 5.69 Å². The maximum absolute atomic E-state index is 13.0. The first kappa shape index (κ1) is 25.1. The standard InChI is InChI=1S/C26H33N5O3S/c1-17-11-19(21-5-4-10-28-23(21)12-17)15-34-20-8-6-18(7-9-20)25(33)29-24-14-31(3)13-22(24)26(30-27-2)35-16-32/h6-9,11-12,16,22,24,27-28H,4-5,10,13-15H2,1-3H3,(H,29,33)/b30-26-. The van der Waals surface area contributed by atoms with E-state index in [1.165, 1.54) is 22.4 Å². The highest BCUT2D eigenvalue weighted by Gasteiger charge is 2.36. The van der Waals surface area contributed by atoms with Gasteiger partial charge in [-0.1, -0.05) is 6.07 Å². The molecule has 1 fully saturated rings. The topological polar surface area (TPSA) is 95.1 Å². The van der Waals surface area contributed by atoms with Crippen molar-refractivity contribution in [3.8, 4) is 5.75 Å². The summed E-state index contributed by atoms with van der Waals surface area (Å²) in [5, 5.41) is 11.5. The molecule has 2 atom stereocenters. The summed E-state index contributed by atoms with van der Waals surface area (Å²) in [6.45, 7) is 5.02. The van der Waals surface area contributed by atoms with Gasteiger partial charge < -0.3 is 25.7 Å². The quantitative estimate of drug-likeness (QED) is 0.224. The number of nitrogens with one attached hydrogen (secondary N) is 3. The van der Waals surface area contributed by atoms with Crippen molar-refractivity contribution in [3.63, 3.8) is 0 Å². The lowest BCUT2D eigenvalue weighted by atomic mass is 9.96. The Bertz CT molecular complexity index is 1090. The van der Waals surface area contributed by atoms with Gasteiger partial charge in [-0.2, -0.15) is 5.10 Å². The number of likely N-dealkylation sites (N-methyl/N-ethyl adjacent to an activating group) is 1.